The monoisotopic (exact) mass is 321 g/mol. The molecule has 0 aromatic heterocycles. The molecular formula is C16H17BrFN. The van der Waals surface area contributed by atoms with Crippen LogP contribution in [0.1, 0.15) is 28.3 Å². The summed E-state index contributed by atoms with van der Waals surface area (Å²) in [5.41, 5.74) is 10.5. The molecule has 2 aromatic rings. The predicted octanol–water partition coefficient (Wildman–Crippen LogP) is 4.45. The second kappa shape index (κ2) is 5.85. The van der Waals surface area contributed by atoms with Gasteiger partial charge in [0.15, 0.2) is 0 Å². The summed E-state index contributed by atoms with van der Waals surface area (Å²) < 4.78 is 14.3. The summed E-state index contributed by atoms with van der Waals surface area (Å²) in [6.07, 6.45) is 0.631. The van der Waals surface area contributed by atoms with Crippen LogP contribution in [-0.4, -0.2) is 0 Å². The van der Waals surface area contributed by atoms with Gasteiger partial charge < -0.3 is 5.73 Å². The van der Waals surface area contributed by atoms with Crippen molar-refractivity contribution >= 4 is 15.9 Å². The molecule has 0 amide bonds. The summed E-state index contributed by atoms with van der Waals surface area (Å²) >= 11 is 3.52. The van der Waals surface area contributed by atoms with Gasteiger partial charge >= 0.3 is 0 Å². The molecule has 19 heavy (non-hydrogen) atoms. The van der Waals surface area contributed by atoms with Crippen LogP contribution in [0.15, 0.2) is 40.9 Å². The maximum absolute atomic E-state index is 13.3. The zero-order valence-electron chi connectivity index (χ0n) is 11.1. The van der Waals surface area contributed by atoms with E-state index in [1.165, 1.54) is 11.6 Å². The third-order valence-electron chi connectivity index (χ3n) is 3.30. The Hall–Kier alpha value is -1.19. The molecule has 1 unspecified atom stereocenters. The van der Waals surface area contributed by atoms with Gasteiger partial charge in [-0.15, -0.1) is 0 Å². The highest BCUT2D eigenvalue weighted by Gasteiger charge is 2.12. The lowest BCUT2D eigenvalue weighted by molar-refractivity contribution is 0.620. The highest BCUT2D eigenvalue weighted by Crippen LogP contribution is 2.26. The molecule has 0 saturated heterocycles. The molecule has 2 aromatic carbocycles. The largest absolute Gasteiger partial charge is 0.324 e. The fourth-order valence-electron chi connectivity index (χ4n) is 2.15. The highest BCUT2D eigenvalue weighted by molar-refractivity contribution is 9.10. The predicted molar refractivity (Wildman–Crippen MR) is 80.6 cm³/mol. The van der Waals surface area contributed by atoms with E-state index >= 15 is 0 Å². The Kier molecular flexibility index (Phi) is 4.38. The molecule has 0 spiro atoms. The van der Waals surface area contributed by atoms with E-state index < -0.39 is 0 Å². The summed E-state index contributed by atoms with van der Waals surface area (Å²) in [5, 5.41) is 0. The van der Waals surface area contributed by atoms with E-state index in [9.17, 15) is 4.39 Å². The fourth-order valence-corrected chi connectivity index (χ4v) is 2.69. The van der Waals surface area contributed by atoms with Crippen LogP contribution in [0.5, 0.6) is 0 Å². The Morgan fingerprint density at radius 2 is 1.89 bits per heavy atom. The third-order valence-corrected chi connectivity index (χ3v) is 4.02. The van der Waals surface area contributed by atoms with Gasteiger partial charge in [-0.2, -0.15) is 0 Å². The number of nitrogens with two attached hydrogens (primary N) is 1. The van der Waals surface area contributed by atoms with Crippen molar-refractivity contribution in [3.63, 3.8) is 0 Å². The second-order valence-corrected chi connectivity index (χ2v) is 5.76. The lowest BCUT2D eigenvalue weighted by Crippen LogP contribution is -2.15. The SMILES string of the molecule is Cc1ccc(Br)c(C(N)Cc2cc(F)ccc2C)c1. The van der Waals surface area contributed by atoms with Crippen molar-refractivity contribution in [2.75, 3.05) is 0 Å². The van der Waals surface area contributed by atoms with Gasteiger partial charge in [-0.25, -0.2) is 4.39 Å². The molecular weight excluding hydrogens is 305 g/mol. The molecule has 3 heteroatoms. The number of hydrogen-bond donors (Lipinski definition) is 1. The summed E-state index contributed by atoms with van der Waals surface area (Å²) in [7, 11) is 0. The molecule has 0 bridgehead atoms. The van der Waals surface area contributed by atoms with Crippen LogP contribution in [-0.2, 0) is 6.42 Å². The van der Waals surface area contributed by atoms with Crippen LogP contribution in [0.3, 0.4) is 0 Å². The van der Waals surface area contributed by atoms with Crippen molar-refractivity contribution in [2.45, 2.75) is 26.3 Å². The topological polar surface area (TPSA) is 26.0 Å². The maximum atomic E-state index is 13.3. The van der Waals surface area contributed by atoms with Gasteiger partial charge in [-0.05, 0) is 55.2 Å². The minimum atomic E-state index is -0.212. The second-order valence-electron chi connectivity index (χ2n) is 4.91. The molecule has 2 rings (SSSR count). The Labute approximate surface area is 121 Å². The van der Waals surface area contributed by atoms with Crippen molar-refractivity contribution < 1.29 is 4.39 Å². The lowest BCUT2D eigenvalue weighted by Gasteiger charge is -2.16. The van der Waals surface area contributed by atoms with Crippen molar-refractivity contribution in [1.82, 2.24) is 0 Å². The standard InChI is InChI=1S/C16H17BrFN/c1-10-3-6-15(17)14(7-10)16(19)9-12-8-13(18)5-4-11(12)2/h3-8,16H,9,19H2,1-2H3. The molecule has 0 radical (unpaired) electrons. The summed E-state index contributed by atoms with van der Waals surface area (Å²) in [5.74, 6) is -0.212. The Bertz CT molecular complexity index is 595. The molecule has 2 N–H and O–H groups in total. The van der Waals surface area contributed by atoms with E-state index in [1.54, 1.807) is 12.1 Å². The van der Waals surface area contributed by atoms with Crippen molar-refractivity contribution in [1.29, 1.82) is 0 Å². The first-order valence-electron chi connectivity index (χ1n) is 6.24. The van der Waals surface area contributed by atoms with E-state index in [-0.39, 0.29) is 11.9 Å². The highest BCUT2D eigenvalue weighted by atomic mass is 79.9. The van der Waals surface area contributed by atoms with E-state index in [2.05, 4.69) is 22.0 Å². The van der Waals surface area contributed by atoms with Crippen molar-refractivity contribution in [3.05, 3.63) is 68.9 Å². The number of rotatable bonds is 3. The Morgan fingerprint density at radius 3 is 2.63 bits per heavy atom. The smallest absolute Gasteiger partial charge is 0.123 e. The third kappa shape index (κ3) is 3.43. The van der Waals surface area contributed by atoms with Crippen LogP contribution >= 0.6 is 15.9 Å². The molecule has 0 aliphatic carbocycles. The van der Waals surface area contributed by atoms with Gasteiger partial charge in [0, 0.05) is 10.5 Å². The first kappa shape index (κ1) is 14.2. The molecule has 100 valence electrons. The van der Waals surface area contributed by atoms with E-state index in [4.69, 9.17) is 5.73 Å². The Morgan fingerprint density at radius 1 is 1.16 bits per heavy atom. The molecule has 1 nitrogen and oxygen atoms in total. The zero-order valence-corrected chi connectivity index (χ0v) is 12.7. The molecule has 0 aliphatic rings. The molecule has 1 atom stereocenters. The summed E-state index contributed by atoms with van der Waals surface area (Å²) in [6, 6.07) is 10.8. The molecule has 0 heterocycles. The quantitative estimate of drug-likeness (QED) is 0.888. The fraction of sp³-hybridized carbons (Fsp3) is 0.250. The first-order valence-corrected chi connectivity index (χ1v) is 7.03. The van der Waals surface area contributed by atoms with Gasteiger partial charge in [0.05, 0.1) is 0 Å². The number of hydrogen-bond acceptors (Lipinski definition) is 1. The van der Waals surface area contributed by atoms with Crippen LogP contribution in [0.25, 0.3) is 0 Å². The van der Waals surface area contributed by atoms with Gasteiger partial charge in [0.2, 0.25) is 0 Å². The minimum absolute atomic E-state index is 0.144. The van der Waals surface area contributed by atoms with Crippen molar-refractivity contribution in [2.24, 2.45) is 5.73 Å². The molecule has 0 saturated carbocycles. The van der Waals surface area contributed by atoms with Gasteiger partial charge in [0.1, 0.15) is 5.82 Å². The van der Waals surface area contributed by atoms with Crippen molar-refractivity contribution in [3.8, 4) is 0 Å². The minimum Gasteiger partial charge on any atom is -0.324 e. The molecule has 0 aliphatic heterocycles. The normalized spacial score (nSPS) is 12.5. The average molecular weight is 322 g/mol. The van der Waals surface area contributed by atoms with E-state index in [1.807, 2.05) is 26.0 Å². The summed E-state index contributed by atoms with van der Waals surface area (Å²) in [6.45, 7) is 4.02. The number of halogens is 2. The van der Waals surface area contributed by atoms with Gasteiger partial charge in [0.25, 0.3) is 0 Å². The number of benzene rings is 2. The Balaban J connectivity index is 2.27. The van der Waals surface area contributed by atoms with Gasteiger partial charge in [-0.3, -0.25) is 0 Å². The lowest BCUT2D eigenvalue weighted by atomic mass is 9.96. The average Bonchev–Trinajstić information content (AvgIpc) is 2.36. The van der Waals surface area contributed by atoms with Crippen LogP contribution in [0.2, 0.25) is 0 Å². The van der Waals surface area contributed by atoms with Crippen LogP contribution < -0.4 is 5.73 Å². The number of aryl methyl sites for hydroxylation is 2. The first-order chi connectivity index (χ1) is 8.97. The zero-order chi connectivity index (χ0) is 14.0. The molecule has 0 fully saturated rings. The summed E-state index contributed by atoms with van der Waals surface area (Å²) in [4.78, 5) is 0. The van der Waals surface area contributed by atoms with Gasteiger partial charge in [-0.1, -0.05) is 39.7 Å². The maximum Gasteiger partial charge on any atom is 0.123 e. The van der Waals surface area contributed by atoms with E-state index in [0.29, 0.717) is 6.42 Å². The van der Waals surface area contributed by atoms with Crippen LogP contribution in [0, 0.1) is 19.7 Å². The van der Waals surface area contributed by atoms with Crippen LogP contribution in [0.4, 0.5) is 4.39 Å². The van der Waals surface area contributed by atoms with E-state index in [0.717, 1.165) is 21.2 Å².